The quantitative estimate of drug-likeness (QED) is 0.511. The predicted molar refractivity (Wildman–Crippen MR) is 101 cm³/mol. The normalized spacial score (nSPS) is 11.0. The zero-order chi connectivity index (χ0) is 19.0. The molecule has 138 valence electrons. The molecule has 2 aromatic rings. The Morgan fingerprint density at radius 2 is 1.77 bits per heavy atom. The van der Waals surface area contributed by atoms with Crippen LogP contribution in [0.15, 0.2) is 72.1 Å². The number of carbonyl (C=O) groups is 1. The van der Waals surface area contributed by atoms with E-state index in [-0.39, 0.29) is 18.0 Å². The molecule has 0 heterocycles. The van der Waals surface area contributed by atoms with Gasteiger partial charge >= 0.3 is 6.09 Å². The summed E-state index contributed by atoms with van der Waals surface area (Å²) in [6, 6.07) is 15.5. The summed E-state index contributed by atoms with van der Waals surface area (Å²) >= 11 is 0. The van der Waals surface area contributed by atoms with Gasteiger partial charge in [0, 0.05) is 6.54 Å². The van der Waals surface area contributed by atoms with E-state index in [1.54, 1.807) is 18.2 Å². The molecule has 0 aliphatic rings. The van der Waals surface area contributed by atoms with Crippen molar-refractivity contribution in [2.75, 3.05) is 6.54 Å². The van der Waals surface area contributed by atoms with Gasteiger partial charge in [0.2, 0.25) is 0 Å². The van der Waals surface area contributed by atoms with Crippen LogP contribution in [0.25, 0.3) is 0 Å². The van der Waals surface area contributed by atoms with Crippen molar-refractivity contribution in [2.45, 2.75) is 31.3 Å². The topological polar surface area (TPSA) is 63.7 Å². The van der Waals surface area contributed by atoms with E-state index >= 15 is 0 Å². The maximum absolute atomic E-state index is 12.9. The van der Waals surface area contributed by atoms with Gasteiger partial charge in [-0.3, -0.25) is 0 Å². The number of nitrogens with zero attached hydrogens (tertiary/aromatic N) is 1. The monoisotopic (exact) mass is 373 g/mol. The highest BCUT2D eigenvalue weighted by molar-refractivity contribution is 7.89. The zero-order valence-electron chi connectivity index (χ0n) is 14.8. The molecule has 0 fully saturated rings. The molecule has 0 unspecified atom stereocenters. The number of carbonyl (C=O) groups excluding carboxylic acids is 1. The van der Waals surface area contributed by atoms with Crippen LogP contribution in [0.1, 0.15) is 24.0 Å². The van der Waals surface area contributed by atoms with Gasteiger partial charge in [-0.1, -0.05) is 54.1 Å². The maximum atomic E-state index is 12.9. The number of sulfonamides is 1. The first-order chi connectivity index (χ1) is 12.4. The lowest BCUT2D eigenvalue weighted by Gasteiger charge is -2.22. The Kier molecular flexibility index (Phi) is 6.97. The lowest BCUT2D eigenvalue weighted by molar-refractivity contribution is 0.119. The maximum Gasteiger partial charge on any atom is 0.424 e. The van der Waals surface area contributed by atoms with Gasteiger partial charge in [-0.25, -0.2) is 17.5 Å². The van der Waals surface area contributed by atoms with Crippen molar-refractivity contribution in [3.8, 4) is 0 Å². The molecular weight excluding hydrogens is 350 g/mol. The molecule has 2 aromatic carbocycles. The third kappa shape index (κ3) is 5.20. The first-order valence-electron chi connectivity index (χ1n) is 8.36. The van der Waals surface area contributed by atoms with Crippen molar-refractivity contribution in [3.05, 3.63) is 78.4 Å². The lowest BCUT2D eigenvalue weighted by atomic mass is 10.2. The van der Waals surface area contributed by atoms with Crippen molar-refractivity contribution in [2.24, 2.45) is 0 Å². The molecule has 0 aliphatic heterocycles. The van der Waals surface area contributed by atoms with Gasteiger partial charge < -0.3 is 4.74 Å². The summed E-state index contributed by atoms with van der Waals surface area (Å²) in [5, 5.41) is 0. The second-order valence-corrected chi connectivity index (χ2v) is 7.72. The molecule has 26 heavy (non-hydrogen) atoms. The zero-order valence-corrected chi connectivity index (χ0v) is 15.6. The Labute approximate surface area is 155 Å². The molecule has 6 heteroatoms. The number of ether oxygens (including phenoxy) is 1. The van der Waals surface area contributed by atoms with Crippen molar-refractivity contribution in [1.29, 1.82) is 0 Å². The van der Waals surface area contributed by atoms with Crippen LogP contribution >= 0.6 is 0 Å². The van der Waals surface area contributed by atoms with Crippen LogP contribution in [0.2, 0.25) is 0 Å². The number of rotatable bonds is 8. The molecule has 2 rings (SSSR count). The Bertz CT molecular complexity index is 830. The summed E-state index contributed by atoms with van der Waals surface area (Å²) in [7, 11) is -3.98. The van der Waals surface area contributed by atoms with Gasteiger partial charge in [0.05, 0.1) is 4.90 Å². The van der Waals surface area contributed by atoms with Crippen LogP contribution in [0, 0.1) is 6.92 Å². The largest absolute Gasteiger partial charge is 0.444 e. The van der Waals surface area contributed by atoms with E-state index in [0.29, 0.717) is 12.8 Å². The minimum absolute atomic E-state index is 0.0149. The molecule has 0 saturated heterocycles. The number of hydrogen-bond donors (Lipinski definition) is 0. The van der Waals surface area contributed by atoms with Crippen LogP contribution in [0.5, 0.6) is 0 Å². The van der Waals surface area contributed by atoms with E-state index < -0.39 is 16.1 Å². The van der Waals surface area contributed by atoms with Crippen LogP contribution in [0.3, 0.4) is 0 Å². The summed E-state index contributed by atoms with van der Waals surface area (Å²) in [4.78, 5) is 12.6. The van der Waals surface area contributed by atoms with Crippen LogP contribution in [0.4, 0.5) is 4.79 Å². The van der Waals surface area contributed by atoms with Gasteiger partial charge in [-0.05, 0) is 37.5 Å². The Balaban J connectivity index is 2.19. The number of hydrogen-bond acceptors (Lipinski definition) is 4. The van der Waals surface area contributed by atoms with Crippen LogP contribution in [-0.4, -0.2) is 25.4 Å². The molecule has 0 atom stereocenters. The highest BCUT2D eigenvalue weighted by Gasteiger charge is 2.30. The van der Waals surface area contributed by atoms with E-state index in [1.807, 2.05) is 37.3 Å². The molecule has 1 amide bonds. The summed E-state index contributed by atoms with van der Waals surface area (Å²) in [6.45, 7) is 5.54. The lowest BCUT2D eigenvalue weighted by Crippen LogP contribution is -2.38. The Morgan fingerprint density at radius 1 is 1.12 bits per heavy atom. The molecule has 0 bridgehead atoms. The smallest absolute Gasteiger partial charge is 0.424 e. The van der Waals surface area contributed by atoms with E-state index in [4.69, 9.17) is 4.74 Å². The second kappa shape index (κ2) is 9.20. The second-order valence-electron chi connectivity index (χ2n) is 5.86. The molecule has 0 spiro atoms. The average Bonchev–Trinajstić information content (AvgIpc) is 2.64. The molecule has 0 radical (unpaired) electrons. The molecule has 0 aliphatic carbocycles. The average molecular weight is 373 g/mol. The first kappa shape index (κ1) is 19.7. The molecular formula is C20H23NO4S. The molecule has 0 N–H and O–H groups in total. The fourth-order valence-corrected chi connectivity index (χ4v) is 3.67. The summed E-state index contributed by atoms with van der Waals surface area (Å²) in [6.07, 6.45) is 1.89. The van der Waals surface area contributed by atoms with Gasteiger partial charge in [0.1, 0.15) is 6.61 Å². The van der Waals surface area contributed by atoms with Crippen molar-refractivity contribution < 1.29 is 17.9 Å². The standard InChI is InChI=1S/C20H23NO4S/c1-3-4-8-15-21(20(22)25-16-18-9-6-5-7-10-18)26(23,24)19-13-11-17(2)12-14-19/h3,5-7,9-14H,1,4,8,15-16H2,2H3. The third-order valence-corrected chi connectivity index (χ3v) is 5.57. The van der Waals surface area contributed by atoms with Gasteiger partial charge in [-0.15, -0.1) is 6.58 Å². The number of allylic oxidation sites excluding steroid dienone is 1. The minimum Gasteiger partial charge on any atom is -0.444 e. The number of unbranched alkanes of at least 4 members (excludes halogenated alkanes) is 1. The van der Waals surface area contributed by atoms with Crippen LogP contribution < -0.4 is 0 Å². The number of aryl methyl sites for hydroxylation is 1. The highest BCUT2D eigenvalue weighted by Crippen LogP contribution is 2.19. The molecule has 0 aromatic heterocycles. The van der Waals surface area contributed by atoms with E-state index in [9.17, 15) is 13.2 Å². The number of benzene rings is 2. The number of amides is 1. The van der Waals surface area contributed by atoms with E-state index in [1.165, 1.54) is 12.1 Å². The highest BCUT2D eigenvalue weighted by atomic mass is 32.2. The van der Waals surface area contributed by atoms with Crippen molar-refractivity contribution >= 4 is 16.1 Å². The van der Waals surface area contributed by atoms with Gasteiger partial charge in [0.15, 0.2) is 0 Å². The van der Waals surface area contributed by atoms with E-state index in [2.05, 4.69) is 6.58 Å². The predicted octanol–water partition coefficient (Wildman–Crippen LogP) is 4.29. The molecule has 5 nitrogen and oxygen atoms in total. The third-order valence-electron chi connectivity index (χ3n) is 3.79. The van der Waals surface area contributed by atoms with Crippen molar-refractivity contribution in [1.82, 2.24) is 4.31 Å². The summed E-state index contributed by atoms with van der Waals surface area (Å²) in [5.74, 6) is 0. The Morgan fingerprint density at radius 3 is 2.38 bits per heavy atom. The Hall–Kier alpha value is -2.60. The summed E-state index contributed by atoms with van der Waals surface area (Å²) < 4.78 is 31.8. The summed E-state index contributed by atoms with van der Waals surface area (Å²) in [5.41, 5.74) is 1.73. The fraction of sp³-hybridized carbons (Fsp3) is 0.250. The SMILES string of the molecule is C=CCCCN(C(=O)OCc1ccccc1)S(=O)(=O)c1ccc(C)cc1. The minimum atomic E-state index is -3.98. The van der Waals surface area contributed by atoms with Gasteiger partial charge in [-0.2, -0.15) is 0 Å². The van der Waals surface area contributed by atoms with Gasteiger partial charge in [0.25, 0.3) is 10.0 Å². The van der Waals surface area contributed by atoms with Crippen LogP contribution in [-0.2, 0) is 21.4 Å². The van der Waals surface area contributed by atoms with Crippen molar-refractivity contribution in [3.63, 3.8) is 0 Å². The molecule has 0 saturated carbocycles. The fourth-order valence-electron chi connectivity index (χ4n) is 2.32. The van der Waals surface area contributed by atoms with E-state index in [0.717, 1.165) is 15.4 Å². The first-order valence-corrected chi connectivity index (χ1v) is 9.80.